The molecule has 0 aliphatic heterocycles. The Balaban J connectivity index is 0.00000144. The second kappa shape index (κ2) is 5.90. The molecule has 1 unspecified atom stereocenters. The summed E-state index contributed by atoms with van der Waals surface area (Å²) in [5, 5.41) is 0.384. The average molecular weight is 205 g/mol. The molecule has 0 spiro atoms. The Labute approximate surface area is 102 Å². The van der Waals surface area contributed by atoms with Crippen LogP contribution in [0.15, 0.2) is 24.3 Å². The number of benzene rings is 1. The van der Waals surface area contributed by atoms with E-state index in [0.29, 0.717) is 11.2 Å². The van der Waals surface area contributed by atoms with Crippen molar-refractivity contribution in [3.8, 4) is 0 Å². The van der Waals surface area contributed by atoms with Crippen molar-refractivity contribution in [1.82, 2.24) is 0 Å². The van der Waals surface area contributed by atoms with E-state index in [4.69, 9.17) is 0 Å². The van der Waals surface area contributed by atoms with Gasteiger partial charge in [-0.1, -0.05) is 30.5 Å². The summed E-state index contributed by atoms with van der Waals surface area (Å²) in [5.41, 5.74) is 1.16. The molecule has 64 valence electrons. The molecule has 1 aromatic carbocycles. The van der Waals surface area contributed by atoms with Crippen LogP contribution in [0.5, 0.6) is 0 Å². The fourth-order valence-corrected chi connectivity index (χ4v) is 1.37. The second-order valence-electron chi connectivity index (χ2n) is 3.00. The maximum Gasteiger partial charge on any atom is 1.00 e. The van der Waals surface area contributed by atoms with Gasteiger partial charge in [0.2, 0.25) is 0 Å². The van der Waals surface area contributed by atoms with Crippen LogP contribution in [0.4, 0.5) is 0 Å². The van der Waals surface area contributed by atoms with Crippen molar-refractivity contribution in [3.05, 3.63) is 29.8 Å². The Bertz CT molecular complexity index is 282. The van der Waals surface area contributed by atoms with Crippen LogP contribution in [0.3, 0.4) is 0 Å². The Kier molecular flexibility index (Phi) is 6.02. The third-order valence-corrected chi connectivity index (χ3v) is 2.49. The van der Waals surface area contributed by atoms with Gasteiger partial charge in [0.05, 0.1) is 0 Å². The van der Waals surface area contributed by atoms with E-state index >= 15 is 0 Å². The zero-order valence-electron chi connectivity index (χ0n) is 8.15. The van der Waals surface area contributed by atoms with Gasteiger partial charge in [-0.2, -0.15) is 0 Å². The molecule has 0 heterocycles. The van der Waals surface area contributed by atoms with Gasteiger partial charge in [0.25, 0.3) is 0 Å². The first-order valence-electron chi connectivity index (χ1n) is 3.85. The van der Waals surface area contributed by atoms with Crippen LogP contribution < -0.4 is 39.8 Å². The van der Waals surface area contributed by atoms with Gasteiger partial charge in [-0.3, -0.25) is 0 Å². The molecule has 0 radical (unpaired) electrons. The molecular weight excluding hydrogens is 194 g/mol. The largest absolute Gasteiger partial charge is 1.00 e. The Morgan fingerprint density at radius 3 is 2.00 bits per heavy atom. The van der Waals surface area contributed by atoms with Crippen molar-refractivity contribution in [3.63, 3.8) is 0 Å². The maximum absolute atomic E-state index is 10.5. The minimum atomic E-state index is -2.43. The zero-order chi connectivity index (χ0) is 9.14. The van der Waals surface area contributed by atoms with E-state index in [2.05, 4.69) is 13.8 Å². The molecule has 1 atom stereocenters. The van der Waals surface area contributed by atoms with Crippen molar-refractivity contribution in [2.45, 2.75) is 19.8 Å². The van der Waals surface area contributed by atoms with Crippen LogP contribution in [-0.4, -0.2) is 0 Å². The monoisotopic (exact) mass is 205 g/mol. The molecule has 0 aliphatic carbocycles. The summed E-state index contributed by atoms with van der Waals surface area (Å²) in [6.07, 6.45) is 0. The van der Waals surface area contributed by atoms with Gasteiger partial charge in [-0.15, -0.1) is 0 Å². The van der Waals surface area contributed by atoms with Gasteiger partial charge in [-0.25, -0.2) is 0 Å². The van der Waals surface area contributed by atoms with Gasteiger partial charge in [0.15, 0.2) is 5.30 Å². The van der Waals surface area contributed by atoms with Crippen molar-refractivity contribution < 1.29 is 39.0 Å². The van der Waals surface area contributed by atoms with Gasteiger partial charge in [0, 0.05) is 0 Å². The molecule has 0 aliphatic rings. The maximum atomic E-state index is 10.5. The fourth-order valence-electron chi connectivity index (χ4n) is 0.981. The van der Waals surface area contributed by atoms with Crippen LogP contribution in [0.2, 0.25) is 0 Å². The topological polar surface area (TPSA) is 40.1 Å². The molecule has 0 aromatic heterocycles. The van der Waals surface area contributed by atoms with Gasteiger partial charge >= 0.3 is 37.6 Å². The molecule has 0 saturated carbocycles. The molecular formula is C9H11NaO2P+. The van der Waals surface area contributed by atoms with E-state index in [1.165, 1.54) is 0 Å². The van der Waals surface area contributed by atoms with Crippen molar-refractivity contribution >= 4 is 13.3 Å². The van der Waals surface area contributed by atoms with Gasteiger partial charge in [0.1, 0.15) is 0 Å². The predicted octanol–water partition coefficient (Wildman–Crippen LogP) is -1.46. The Hall–Kier alpha value is 0.280. The summed E-state index contributed by atoms with van der Waals surface area (Å²) < 4.78 is 10.5. The third-order valence-electron chi connectivity index (χ3n) is 1.77. The van der Waals surface area contributed by atoms with E-state index in [0.717, 1.165) is 5.56 Å². The number of rotatable bonds is 2. The molecule has 2 nitrogen and oxygen atoms in total. The Morgan fingerprint density at radius 1 is 1.23 bits per heavy atom. The van der Waals surface area contributed by atoms with Crippen molar-refractivity contribution in [2.75, 3.05) is 0 Å². The molecule has 1 rings (SSSR count). The summed E-state index contributed by atoms with van der Waals surface area (Å²) in [7, 11) is -2.43. The molecule has 4 heteroatoms. The predicted molar refractivity (Wildman–Crippen MR) is 47.8 cm³/mol. The van der Waals surface area contributed by atoms with Crippen molar-refractivity contribution in [1.29, 1.82) is 0 Å². The molecule has 0 amide bonds. The minimum Gasteiger partial charge on any atom is -0.591 e. The normalized spacial score (nSPS) is 10.9. The summed E-state index contributed by atoms with van der Waals surface area (Å²) >= 11 is 0. The fraction of sp³-hybridized carbons (Fsp3) is 0.333. The average Bonchev–Trinajstić information content (AvgIpc) is 2.04. The zero-order valence-corrected chi connectivity index (χ0v) is 11.0. The quantitative estimate of drug-likeness (QED) is 0.437. The van der Waals surface area contributed by atoms with Gasteiger partial charge in [-0.05, 0) is 23.6 Å². The standard InChI is InChI=1S/C9H11O2P.Na/c1-7(2)8-3-5-9(6-4-8)12(10)11;/h3-7H,1-2H3;/q;+1. The summed E-state index contributed by atoms with van der Waals surface area (Å²) in [5.74, 6) is 0.448. The first-order chi connectivity index (χ1) is 5.61. The third kappa shape index (κ3) is 3.88. The van der Waals surface area contributed by atoms with Crippen LogP contribution in [-0.2, 0) is 4.57 Å². The smallest absolute Gasteiger partial charge is 0.591 e. The van der Waals surface area contributed by atoms with Crippen molar-refractivity contribution in [2.24, 2.45) is 0 Å². The van der Waals surface area contributed by atoms with Crippen LogP contribution in [0.25, 0.3) is 0 Å². The second-order valence-corrected chi connectivity index (χ2v) is 4.03. The molecule has 0 saturated heterocycles. The van der Waals surface area contributed by atoms with E-state index in [1.807, 2.05) is 12.1 Å². The van der Waals surface area contributed by atoms with E-state index in [-0.39, 0.29) is 29.6 Å². The summed E-state index contributed by atoms with van der Waals surface area (Å²) in [6.45, 7) is 4.15. The van der Waals surface area contributed by atoms with E-state index in [9.17, 15) is 9.46 Å². The molecule has 1 aromatic rings. The summed E-state index contributed by atoms with van der Waals surface area (Å²) in [6, 6.07) is 6.98. The van der Waals surface area contributed by atoms with Crippen LogP contribution in [0, 0.1) is 0 Å². The summed E-state index contributed by atoms with van der Waals surface area (Å²) in [4.78, 5) is 10.5. The molecule has 13 heavy (non-hydrogen) atoms. The van der Waals surface area contributed by atoms with E-state index in [1.54, 1.807) is 12.1 Å². The number of hydrogen-bond donors (Lipinski definition) is 0. The van der Waals surface area contributed by atoms with Crippen LogP contribution >= 0.6 is 8.03 Å². The first kappa shape index (κ1) is 13.3. The SMILES string of the molecule is CC(C)c1ccc([P+](=O)[O-])cc1.[Na+]. The number of hydrogen-bond acceptors (Lipinski definition) is 2. The minimum absolute atomic E-state index is 0. The van der Waals surface area contributed by atoms with Gasteiger partial charge < -0.3 is 4.89 Å². The first-order valence-corrected chi connectivity index (χ1v) is 5.03. The molecule has 0 N–H and O–H groups in total. The molecule has 0 bridgehead atoms. The Morgan fingerprint density at radius 2 is 1.69 bits per heavy atom. The van der Waals surface area contributed by atoms with Crippen LogP contribution in [0.1, 0.15) is 25.3 Å². The van der Waals surface area contributed by atoms with E-state index < -0.39 is 8.03 Å². The molecule has 0 fully saturated rings.